The molecule has 6 nitrogen and oxygen atoms in total. The molecule has 29 heavy (non-hydrogen) atoms. The summed E-state index contributed by atoms with van der Waals surface area (Å²) in [5, 5.41) is 11.6. The number of aromatic hydroxyl groups is 1. The minimum absolute atomic E-state index is 0.0721. The average molecular weight is 430 g/mol. The van der Waals surface area contributed by atoms with Crippen LogP contribution >= 0.6 is 11.6 Å². The first-order chi connectivity index (χ1) is 13.6. The number of carbonyl (C=O) groups excluding carboxylic acids is 2. The summed E-state index contributed by atoms with van der Waals surface area (Å²) in [6.07, 6.45) is -2.19. The third kappa shape index (κ3) is 6.42. The summed E-state index contributed by atoms with van der Waals surface area (Å²) in [5.41, 5.74) is -0.715. The van der Waals surface area contributed by atoms with Gasteiger partial charge in [-0.15, -0.1) is 0 Å². The van der Waals surface area contributed by atoms with Crippen LogP contribution in [0.5, 0.6) is 11.5 Å². The highest BCUT2D eigenvalue weighted by Crippen LogP contribution is 2.33. The van der Waals surface area contributed by atoms with Crippen LogP contribution in [0.15, 0.2) is 42.5 Å². The molecule has 2 aromatic carbocycles. The number of ether oxygens (including phenoxy) is 2. The molecule has 0 aliphatic carbocycles. The van der Waals surface area contributed by atoms with E-state index in [-0.39, 0.29) is 22.2 Å². The van der Waals surface area contributed by atoms with Gasteiger partial charge in [0.2, 0.25) is 0 Å². The lowest BCUT2D eigenvalue weighted by atomic mass is 10.2. The second kappa shape index (κ2) is 9.33. The van der Waals surface area contributed by atoms with Gasteiger partial charge in [0.1, 0.15) is 0 Å². The van der Waals surface area contributed by atoms with E-state index in [9.17, 15) is 27.9 Å². The first-order valence-electron chi connectivity index (χ1n) is 7.98. The van der Waals surface area contributed by atoms with Crippen molar-refractivity contribution in [3.8, 4) is 11.5 Å². The zero-order chi connectivity index (χ0) is 21.6. The summed E-state index contributed by atoms with van der Waals surface area (Å²) >= 11 is 5.78. The number of carbonyl (C=O) groups is 2. The summed E-state index contributed by atoms with van der Waals surface area (Å²) in [6, 6.07) is 6.82. The van der Waals surface area contributed by atoms with E-state index in [4.69, 9.17) is 21.1 Å². The number of amides is 1. The van der Waals surface area contributed by atoms with Crippen LogP contribution in [-0.2, 0) is 20.5 Å². The molecule has 1 amide bonds. The van der Waals surface area contributed by atoms with Crippen LogP contribution in [0, 0.1) is 0 Å². The van der Waals surface area contributed by atoms with Crippen molar-refractivity contribution < 1.29 is 37.3 Å². The summed E-state index contributed by atoms with van der Waals surface area (Å²) in [6.45, 7) is -0.728. The number of hydrogen-bond donors (Lipinski definition) is 2. The van der Waals surface area contributed by atoms with E-state index in [1.54, 1.807) is 0 Å². The van der Waals surface area contributed by atoms with Crippen LogP contribution < -0.4 is 10.1 Å². The number of rotatable bonds is 6. The van der Waals surface area contributed by atoms with Crippen LogP contribution in [-0.4, -0.2) is 30.7 Å². The Morgan fingerprint density at radius 3 is 2.59 bits per heavy atom. The highest BCUT2D eigenvalue weighted by molar-refractivity contribution is 6.33. The summed E-state index contributed by atoms with van der Waals surface area (Å²) < 4.78 is 47.9. The Labute approximate surface area is 168 Å². The second-order valence-electron chi connectivity index (χ2n) is 5.61. The number of methoxy groups -OCH3 is 1. The predicted molar refractivity (Wildman–Crippen MR) is 99.7 cm³/mol. The number of halogens is 4. The minimum Gasteiger partial charge on any atom is -0.504 e. The number of phenols is 1. The maximum Gasteiger partial charge on any atom is 0.416 e. The molecule has 2 rings (SSSR count). The van der Waals surface area contributed by atoms with E-state index in [0.29, 0.717) is 11.6 Å². The molecule has 0 saturated carbocycles. The Hall–Kier alpha value is -3.20. The molecule has 0 heterocycles. The van der Waals surface area contributed by atoms with E-state index in [2.05, 4.69) is 5.32 Å². The third-order valence-corrected chi connectivity index (χ3v) is 3.86. The first-order valence-corrected chi connectivity index (χ1v) is 8.36. The molecule has 0 spiro atoms. The normalized spacial score (nSPS) is 11.3. The largest absolute Gasteiger partial charge is 0.504 e. The number of benzene rings is 2. The molecule has 0 fully saturated rings. The molecule has 0 aromatic heterocycles. The Bertz CT molecular complexity index is 944. The molecule has 10 heteroatoms. The number of esters is 1. The van der Waals surface area contributed by atoms with Crippen molar-refractivity contribution in [1.29, 1.82) is 0 Å². The SMILES string of the molecule is COc1cc(C=CC(=O)OCC(=O)Nc2cc(C(F)(F)F)ccc2Cl)ccc1O. The number of alkyl halides is 3. The van der Waals surface area contributed by atoms with Gasteiger partial charge >= 0.3 is 12.1 Å². The van der Waals surface area contributed by atoms with Gasteiger partial charge < -0.3 is 19.9 Å². The number of phenolic OH excluding ortho intramolecular Hbond substituents is 1. The van der Waals surface area contributed by atoms with Crippen molar-refractivity contribution in [2.45, 2.75) is 6.18 Å². The molecule has 0 unspecified atom stereocenters. The topological polar surface area (TPSA) is 84.9 Å². The quantitative estimate of drug-likeness (QED) is 0.529. The molecule has 0 aliphatic heterocycles. The zero-order valence-corrected chi connectivity index (χ0v) is 15.7. The third-order valence-electron chi connectivity index (χ3n) is 3.53. The van der Waals surface area contributed by atoms with E-state index in [1.165, 1.54) is 31.4 Å². The average Bonchev–Trinajstić information content (AvgIpc) is 2.66. The fourth-order valence-corrected chi connectivity index (χ4v) is 2.30. The molecule has 0 aliphatic rings. The predicted octanol–water partition coefficient (Wildman–Crippen LogP) is 4.27. The van der Waals surface area contributed by atoms with Gasteiger partial charge in [-0.25, -0.2) is 4.79 Å². The Morgan fingerprint density at radius 1 is 1.21 bits per heavy atom. The van der Waals surface area contributed by atoms with Gasteiger partial charge in [0.05, 0.1) is 23.4 Å². The maximum atomic E-state index is 12.7. The Morgan fingerprint density at radius 2 is 1.93 bits per heavy atom. The van der Waals surface area contributed by atoms with Gasteiger partial charge in [0.15, 0.2) is 18.1 Å². The van der Waals surface area contributed by atoms with Crippen LogP contribution in [0.4, 0.5) is 18.9 Å². The second-order valence-corrected chi connectivity index (χ2v) is 6.02. The van der Waals surface area contributed by atoms with E-state index in [0.717, 1.165) is 18.2 Å². The first kappa shape index (κ1) is 22.1. The van der Waals surface area contributed by atoms with Gasteiger partial charge in [-0.3, -0.25) is 4.79 Å². The van der Waals surface area contributed by atoms with Crippen molar-refractivity contribution in [1.82, 2.24) is 0 Å². The molecular formula is C19H15ClF3NO5. The molecular weight excluding hydrogens is 415 g/mol. The van der Waals surface area contributed by atoms with Crippen molar-refractivity contribution in [2.75, 3.05) is 19.0 Å². The summed E-state index contributed by atoms with van der Waals surface area (Å²) in [5.74, 6) is -1.59. The van der Waals surface area contributed by atoms with Crippen LogP contribution in [0.25, 0.3) is 6.08 Å². The standard InChI is InChI=1S/C19H15ClF3NO5/c1-28-16-8-11(2-6-15(16)25)3-7-18(27)29-10-17(26)24-14-9-12(19(21,22)23)4-5-13(14)20/h2-9,25H,10H2,1H3,(H,24,26). The Kier molecular flexibility index (Phi) is 7.11. The number of anilines is 1. The molecule has 0 radical (unpaired) electrons. The van der Waals surface area contributed by atoms with E-state index >= 15 is 0 Å². The van der Waals surface area contributed by atoms with Crippen LogP contribution in [0.1, 0.15) is 11.1 Å². The lowest BCUT2D eigenvalue weighted by molar-refractivity contribution is -0.142. The smallest absolute Gasteiger partial charge is 0.416 e. The van der Waals surface area contributed by atoms with Crippen LogP contribution in [0.2, 0.25) is 5.02 Å². The van der Waals surface area contributed by atoms with Crippen LogP contribution in [0.3, 0.4) is 0 Å². The number of hydrogen-bond acceptors (Lipinski definition) is 5. The monoisotopic (exact) mass is 429 g/mol. The van der Waals surface area contributed by atoms with E-state index < -0.39 is 30.2 Å². The molecule has 0 bridgehead atoms. The van der Waals surface area contributed by atoms with Gasteiger partial charge in [-0.05, 0) is 42.0 Å². The van der Waals surface area contributed by atoms with Gasteiger partial charge in [-0.2, -0.15) is 13.2 Å². The summed E-state index contributed by atoms with van der Waals surface area (Å²) in [4.78, 5) is 23.5. The van der Waals surface area contributed by atoms with Gasteiger partial charge in [0.25, 0.3) is 5.91 Å². The van der Waals surface area contributed by atoms with Crippen molar-refractivity contribution in [3.05, 3.63) is 58.6 Å². The Balaban J connectivity index is 1.93. The number of nitrogens with one attached hydrogen (secondary N) is 1. The molecule has 2 N–H and O–H groups in total. The minimum atomic E-state index is -4.60. The molecule has 0 saturated heterocycles. The van der Waals surface area contributed by atoms with Crippen molar-refractivity contribution in [3.63, 3.8) is 0 Å². The lowest BCUT2D eigenvalue weighted by Crippen LogP contribution is -2.20. The van der Waals surface area contributed by atoms with Gasteiger partial charge in [-0.1, -0.05) is 17.7 Å². The van der Waals surface area contributed by atoms with Gasteiger partial charge in [0, 0.05) is 6.08 Å². The highest BCUT2D eigenvalue weighted by atomic mass is 35.5. The lowest BCUT2D eigenvalue weighted by Gasteiger charge is -2.11. The van der Waals surface area contributed by atoms with Crippen molar-refractivity contribution >= 4 is 35.2 Å². The molecule has 0 atom stereocenters. The maximum absolute atomic E-state index is 12.7. The molecule has 154 valence electrons. The fourth-order valence-electron chi connectivity index (χ4n) is 2.13. The molecule has 2 aromatic rings. The fraction of sp³-hybridized carbons (Fsp3) is 0.158. The van der Waals surface area contributed by atoms with E-state index in [1.807, 2.05) is 0 Å². The zero-order valence-electron chi connectivity index (χ0n) is 14.9. The summed E-state index contributed by atoms with van der Waals surface area (Å²) in [7, 11) is 1.37. The van der Waals surface area contributed by atoms with Crippen molar-refractivity contribution in [2.24, 2.45) is 0 Å². The highest BCUT2D eigenvalue weighted by Gasteiger charge is 2.31.